The van der Waals surface area contributed by atoms with Crippen LogP contribution in [0.15, 0.2) is 76.3 Å². The van der Waals surface area contributed by atoms with Crippen LogP contribution in [0.4, 0.5) is 0 Å². The summed E-state index contributed by atoms with van der Waals surface area (Å²) in [6, 6.07) is 19.4. The number of hydrogen-bond donors (Lipinski definition) is 0. The largest absolute Gasteiger partial charge is 0.268 e. The molecule has 0 bridgehead atoms. The lowest BCUT2D eigenvalue weighted by atomic mass is 9.98. The Bertz CT molecular complexity index is 1180. The predicted molar refractivity (Wildman–Crippen MR) is 117 cm³/mol. The molecule has 2 aromatic heterocycles. The molecule has 0 saturated heterocycles. The van der Waals surface area contributed by atoms with Gasteiger partial charge in [-0.3, -0.25) is 9.36 Å². The maximum absolute atomic E-state index is 13.4. The van der Waals surface area contributed by atoms with Gasteiger partial charge in [0.25, 0.3) is 5.56 Å². The van der Waals surface area contributed by atoms with Crippen molar-refractivity contribution in [2.24, 2.45) is 0 Å². The van der Waals surface area contributed by atoms with Crippen molar-refractivity contribution >= 4 is 26.8 Å². The highest BCUT2D eigenvalue weighted by atomic mass is 79.9. The van der Waals surface area contributed by atoms with Crippen LogP contribution in [0.1, 0.15) is 31.7 Å². The van der Waals surface area contributed by atoms with Crippen LogP contribution in [-0.4, -0.2) is 14.5 Å². The summed E-state index contributed by atoms with van der Waals surface area (Å²) in [5, 5.41) is 0.599. The van der Waals surface area contributed by atoms with Gasteiger partial charge in [0.1, 0.15) is 10.4 Å². The van der Waals surface area contributed by atoms with Crippen LogP contribution in [0.3, 0.4) is 0 Å². The Balaban J connectivity index is 1.97. The molecule has 28 heavy (non-hydrogen) atoms. The minimum atomic E-state index is -0.0835. The van der Waals surface area contributed by atoms with Crippen molar-refractivity contribution in [1.29, 1.82) is 0 Å². The Morgan fingerprint density at radius 2 is 1.79 bits per heavy atom. The topological polar surface area (TPSA) is 47.8 Å². The van der Waals surface area contributed by atoms with E-state index in [0.717, 1.165) is 22.3 Å². The fraction of sp³-hybridized carbons (Fsp3) is 0.174. The van der Waals surface area contributed by atoms with Crippen LogP contribution in [0.25, 0.3) is 28.0 Å². The van der Waals surface area contributed by atoms with Crippen LogP contribution >= 0.6 is 15.9 Å². The van der Waals surface area contributed by atoms with Gasteiger partial charge >= 0.3 is 0 Å². The highest BCUT2D eigenvalue weighted by Crippen LogP contribution is 2.24. The highest BCUT2D eigenvalue weighted by molar-refractivity contribution is 9.10. The molecular weight excluding hydrogens is 414 g/mol. The molecule has 0 N–H and O–H groups in total. The molecule has 2 heterocycles. The first-order valence-electron chi connectivity index (χ1n) is 9.32. The summed E-state index contributed by atoms with van der Waals surface area (Å²) in [6.45, 7) is 4.38. The third kappa shape index (κ3) is 3.38. The Kier molecular flexibility index (Phi) is 5.09. The Hall–Kier alpha value is -2.79. The van der Waals surface area contributed by atoms with E-state index < -0.39 is 0 Å². The summed E-state index contributed by atoms with van der Waals surface area (Å²) in [4.78, 5) is 22.5. The molecule has 4 nitrogen and oxygen atoms in total. The van der Waals surface area contributed by atoms with Crippen LogP contribution in [0.5, 0.6) is 0 Å². The maximum Gasteiger partial charge on any atom is 0.266 e. The molecule has 1 atom stereocenters. The minimum absolute atomic E-state index is 0.0835. The summed E-state index contributed by atoms with van der Waals surface area (Å²) in [5.74, 6) is 1.07. The molecular formula is C23H20BrN3O. The van der Waals surface area contributed by atoms with Crippen molar-refractivity contribution in [1.82, 2.24) is 14.5 Å². The number of benzene rings is 2. The number of fused-ring (bicyclic) bond motifs is 1. The van der Waals surface area contributed by atoms with Gasteiger partial charge in [0, 0.05) is 11.8 Å². The molecule has 0 saturated carbocycles. The van der Waals surface area contributed by atoms with Gasteiger partial charge in [-0.15, -0.1) is 0 Å². The Morgan fingerprint density at radius 1 is 1.04 bits per heavy atom. The second kappa shape index (κ2) is 7.68. The number of para-hydroxylation sites is 1. The molecule has 0 amide bonds. The number of aromatic nitrogens is 3. The van der Waals surface area contributed by atoms with Crippen molar-refractivity contribution in [3.8, 4) is 17.1 Å². The summed E-state index contributed by atoms with van der Waals surface area (Å²) in [6.07, 6.45) is 2.80. The van der Waals surface area contributed by atoms with Gasteiger partial charge in [-0.1, -0.05) is 38.1 Å². The van der Waals surface area contributed by atoms with E-state index in [1.807, 2.05) is 48.5 Å². The molecule has 0 aliphatic heterocycles. The summed E-state index contributed by atoms with van der Waals surface area (Å²) in [7, 11) is 0. The standard InChI is InChI=1S/C23H20BrN3O/c1-3-15(2)16-8-11-18(12-9-16)27-22(17-10-13-21(24)25-14-17)26-20-7-5-4-6-19(20)23(27)28/h4-15H,3H2,1-2H3. The molecule has 0 aliphatic carbocycles. The lowest BCUT2D eigenvalue weighted by Gasteiger charge is -2.15. The van der Waals surface area contributed by atoms with Gasteiger partial charge < -0.3 is 0 Å². The zero-order valence-corrected chi connectivity index (χ0v) is 17.3. The van der Waals surface area contributed by atoms with E-state index in [9.17, 15) is 4.79 Å². The number of halogens is 1. The van der Waals surface area contributed by atoms with E-state index >= 15 is 0 Å². The Labute approximate surface area is 172 Å². The van der Waals surface area contributed by atoms with E-state index in [-0.39, 0.29) is 5.56 Å². The quantitative estimate of drug-likeness (QED) is 0.386. The maximum atomic E-state index is 13.4. The molecule has 0 fully saturated rings. The van der Waals surface area contributed by atoms with E-state index in [4.69, 9.17) is 4.98 Å². The fourth-order valence-corrected chi connectivity index (χ4v) is 3.50. The molecule has 5 heteroatoms. The van der Waals surface area contributed by atoms with Crippen molar-refractivity contribution in [2.75, 3.05) is 0 Å². The number of pyridine rings is 1. The van der Waals surface area contributed by atoms with Crippen LogP contribution < -0.4 is 5.56 Å². The smallest absolute Gasteiger partial charge is 0.266 e. The Morgan fingerprint density at radius 3 is 2.46 bits per heavy atom. The molecule has 4 aromatic rings. The normalized spacial score (nSPS) is 12.2. The molecule has 0 aliphatic rings. The SMILES string of the molecule is CCC(C)c1ccc(-n2c(-c3ccc(Br)nc3)nc3ccccc3c2=O)cc1. The lowest BCUT2D eigenvalue weighted by molar-refractivity contribution is 0.733. The predicted octanol–water partition coefficient (Wildman–Crippen LogP) is 5.72. The first kappa shape index (κ1) is 18.6. The molecule has 1 unspecified atom stereocenters. The van der Waals surface area contributed by atoms with Gasteiger partial charge in [0.2, 0.25) is 0 Å². The van der Waals surface area contributed by atoms with Crippen LogP contribution in [0, 0.1) is 0 Å². The van der Waals surface area contributed by atoms with Gasteiger partial charge in [-0.2, -0.15) is 0 Å². The average Bonchev–Trinajstić information content (AvgIpc) is 2.74. The van der Waals surface area contributed by atoms with Gasteiger partial charge in [0.15, 0.2) is 0 Å². The molecule has 140 valence electrons. The first-order chi connectivity index (χ1) is 13.6. The van der Waals surface area contributed by atoms with Gasteiger partial charge in [0.05, 0.1) is 16.6 Å². The van der Waals surface area contributed by atoms with E-state index in [2.05, 4.69) is 46.9 Å². The van der Waals surface area contributed by atoms with Crippen molar-refractivity contribution < 1.29 is 0 Å². The van der Waals surface area contributed by atoms with Crippen LogP contribution in [0.2, 0.25) is 0 Å². The third-order valence-electron chi connectivity index (χ3n) is 5.09. The molecule has 2 aromatic carbocycles. The zero-order valence-electron chi connectivity index (χ0n) is 15.8. The third-order valence-corrected chi connectivity index (χ3v) is 5.56. The number of hydrogen-bond acceptors (Lipinski definition) is 3. The summed E-state index contributed by atoms with van der Waals surface area (Å²) in [5.41, 5.74) is 3.45. The van der Waals surface area contributed by atoms with Gasteiger partial charge in [-0.25, -0.2) is 9.97 Å². The van der Waals surface area contributed by atoms with Crippen molar-refractivity contribution in [3.63, 3.8) is 0 Å². The zero-order chi connectivity index (χ0) is 19.7. The molecule has 4 rings (SSSR count). The van der Waals surface area contributed by atoms with Crippen molar-refractivity contribution in [2.45, 2.75) is 26.2 Å². The van der Waals surface area contributed by atoms with Gasteiger partial charge in [-0.05, 0) is 70.2 Å². The lowest BCUT2D eigenvalue weighted by Crippen LogP contribution is -2.22. The average molecular weight is 434 g/mol. The highest BCUT2D eigenvalue weighted by Gasteiger charge is 2.15. The van der Waals surface area contributed by atoms with E-state index in [1.165, 1.54) is 5.56 Å². The first-order valence-corrected chi connectivity index (χ1v) is 10.1. The summed E-state index contributed by atoms with van der Waals surface area (Å²) >= 11 is 3.36. The molecule has 0 radical (unpaired) electrons. The monoisotopic (exact) mass is 433 g/mol. The van der Waals surface area contributed by atoms with E-state index in [1.54, 1.807) is 10.8 Å². The van der Waals surface area contributed by atoms with Crippen molar-refractivity contribution in [3.05, 3.63) is 87.4 Å². The second-order valence-corrected chi connectivity index (χ2v) is 7.68. The minimum Gasteiger partial charge on any atom is -0.268 e. The number of nitrogens with zero attached hydrogens (tertiary/aromatic N) is 3. The summed E-state index contributed by atoms with van der Waals surface area (Å²) < 4.78 is 2.41. The fourth-order valence-electron chi connectivity index (χ4n) is 3.26. The second-order valence-electron chi connectivity index (χ2n) is 6.86. The van der Waals surface area contributed by atoms with E-state index in [0.29, 0.717) is 22.6 Å². The van der Waals surface area contributed by atoms with Crippen LogP contribution in [-0.2, 0) is 0 Å². The number of rotatable bonds is 4. The molecule has 0 spiro atoms.